The van der Waals surface area contributed by atoms with Crippen LogP contribution >= 0.6 is 0 Å². The second-order valence-corrected chi connectivity index (χ2v) is 5.06. The molecule has 0 radical (unpaired) electrons. The molecule has 0 spiro atoms. The molecule has 1 aromatic heterocycles. The number of nitrogens with one attached hydrogen (secondary N) is 1. The first-order valence-corrected chi connectivity index (χ1v) is 6.51. The van der Waals surface area contributed by atoms with Crippen molar-refractivity contribution in [3.05, 3.63) is 37.9 Å². The highest BCUT2D eigenvalue weighted by molar-refractivity contribution is 5.95. The zero-order chi connectivity index (χ0) is 16.4. The van der Waals surface area contributed by atoms with E-state index in [1.165, 1.54) is 19.2 Å². The number of aromatic amines is 1. The number of nitro benzene ring substituents is 1. The van der Waals surface area contributed by atoms with Crippen molar-refractivity contribution in [2.75, 3.05) is 27.7 Å². The Hall–Kier alpha value is -2.68. The standard InChI is InChI=1S/C13H16N4O5/c1-15(2)7-6-8-11-9(14-13(8)17(20)21)4-5-10(16(18)19)12(11)22-3/h4-5,14H,6-7H2,1-3H3. The van der Waals surface area contributed by atoms with Gasteiger partial charge in [-0.3, -0.25) is 10.1 Å². The first-order chi connectivity index (χ1) is 10.4. The van der Waals surface area contributed by atoms with Gasteiger partial charge < -0.3 is 19.8 Å². The number of ether oxygens (including phenoxy) is 1. The minimum absolute atomic E-state index is 0.0422. The fraction of sp³-hybridized carbons (Fsp3) is 0.385. The van der Waals surface area contributed by atoms with Crippen LogP contribution in [0.5, 0.6) is 5.75 Å². The fourth-order valence-corrected chi connectivity index (χ4v) is 2.38. The summed E-state index contributed by atoms with van der Waals surface area (Å²) in [6.45, 7) is 0.569. The zero-order valence-electron chi connectivity index (χ0n) is 12.5. The van der Waals surface area contributed by atoms with Crippen molar-refractivity contribution in [2.24, 2.45) is 0 Å². The summed E-state index contributed by atoms with van der Waals surface area (Å²) in [7, 11) is 5.01. The lowest BCUT2D eigenvalue weighted by Crippen LogP contribution is -2.15. The van der Waals surface area contributed by atoms with Crippen LogP contribution in [-0.4, -0.2) is 47.5 Å². The summed E-state index contributed by atoms with van der Waals surface area (Å²) in [5, 5.41) is 22.7. The number of likely N-dealkylation sites (N-methyl/N-ethyl adjacent to an activating group) is 1. The maximum atomic E-state index is 11.2. The van der Waals surface area contributed by atoms with E-state index in [2.05, 4.69) is 4.98 Å². The molecule has 0 fully saturated rings. The van der Waals surface area contributed by atoms with Crippen LogP contribution in [0.25, 0.3) is 10.9 Å². The first kappa shape index (κ1) is 15.7. The molecule has 0 atom stereocenters. The van der Waals surface area contributed by atoms with E-state index in [9.17, 15) is 20.2 Å². The number of nitrogens with zero attached hydrogens (tertiary/aromatic N) is 3. The van der Waals surface area contributed by atoms with Gasteiger partial charge in [-0.1, -0.05) is 0 Å². The fourth-order valence-electron chi connectivity index (χ4n) is 2.38. The number of aromatic nitrogens is 1. The Bertz CT molecular complexity index is 738. The van der Waals surface area contributed by atoms with E-state index in [4.69, 9.17) is 4.74 Å². The Labute approximate surface area is 125 Å². The Morgan fingerprint density at radius 1 is 1.23 bits per heavy atom. The molecule has 0 aliphatic heterocycles. The summed E-state index contributed by atoms with van der Waals surface area (Å²) in [6.07, 6.45) is 0.376. The lowest BCUT2D eigenvalue weighted by Gasteiger charge is -2.09. The molecule has 0 unspecified atom stereocenters. The lowest BCUT2D eigenvalue weighted by atomic mass is 10.1. The number of benzene rings is 1. The Kier molecular flexibility index (Phi) is 4.27. The van der Waals surface area contributed by atoms with Gasteiger partial charge >= 0.3 is 11.5 Å². The Balaban J connectivity index is 2.75. The minimum Gasteiger partial charge on any atom is -0.490 e. The number of rotatable bonds is 6. The van der Waals surface area contributed by atoms with Gasteiger partial charge in [-0.2, -0.15) is 0 Å². The minimum atomic E-state index is -0.563. The number of hydrogen-bond donors (Lipinski definition) is 1. The van der Waals surface area contributed by atoms with Gasteiger partial charge in [0.15, 0.2) is 0 Å². The predicted octanol–water partition coefficient (Wildman–Crippen LogP) is 2.10. The average Bonchev–Trinajstić information content (AvgIpc) is 2.82. The van der Waals surface area contributed by atoms with Gasteiger partial charge in [-0.05, 0) is 31.5 Å². The summed E-state index contributed by atoms with van der Waals surface area (Å²) in [5.41, 5.74) is 0.646. The van der Waals surface area contributed by atoms with E-state index in [0.717, 1.165) is 0 Å². The molecule has 118 valence electrons. The van der Waals surface area contributed by atoms with Crippen molar-refractivity contribution >= 4 is 22.4 Å². The van der Waals surface area contributed by atoms with Crippen LogP contribution in [0.2, 0.25) is 0 Å². The first-order valence-electron chi connectivity index (χ1n) is 6.51. The van der Waals surface area contributed by atoms with Crippen LogP contribution in [0.15, 0.2) is 12.1 Å². The molecule has 1 heterocycles. The number of methoxy groups -OCH3 is 1. The largest absolute Gasteiger partial charge is 0.490 e. The van der Waals surface area contributed by atoms with Crippen LogP contribution in [0.4, 0.5) is 11.5 Å². The molecule has 0 aliphatic carbocycles. The van der Waals surface area contributed by atoms with E-state index in [0.29, 0.717) is 29.4 Å². The third kappa shape index (κ3) is 2.70. The summed E-state index contributed by atoms with van der Waals surface area (Å²) in [6, 6.07) is 2.74. The molecule has 2 rings (SSSR count). The third-order valence-corrected chi connectivity index (χ3v) is 3.37. The van der Waals surface area contributed by atoms with Crippen LogP contribution in [0, 0.1) is 20.2 Å². The van der Waals surface area contributed by atoms with Crippen LogP contribution in [0.1, 0.15) is 5.56 Å². The topological polar surface area (TPSA) is 115 Å². The smallest absolute Gasteiger partial charge is 0.325 e. The van der Waals surface area contributed by atoms with Gasteiger partial charge in [-0.25, -0.2) is 4.98 Å². The normalized spacial score (nSPS) is 11.1. The molecule has 2 aromatic rings. The molecule has 9 heteroatoms. The number of hydrogen-bond acceptors (Lipinski definition) is 6. The third-order valence-electron chi connectivity index (χ3n) is 3.37. The highest BCUT2D eigenvalue weighted by Gasteiger charge is 2.28. The van der Waals surface area contributed by atoms with Gasteiger partial charge in [0, 0.05) is 12.6 Å². The van der Waals surface area contributed by atoms with E-state index < -0.39 is 9.85 Å². The highest BCUT2D eigenvalue weighted by Crippen LogP contribution is 2.40. The maximum absolute atomic E-state index is 11.2. The molecule has 0 amide bonds. The van der Waals surface area contributed by atoms with Gasteiger partial charge in [0.25, 0.3) is 0 Å². The van der Waals surface area contributed by atoms with Crippen molar-refractivity contribution in [1.29, 1.82) is 0 Å². The Morgan fingerprint density at radius 2 is 1.91 bits per heavy atom. The summed E-state index contributed by atoms with van der Waals surface area (Å²) in [4.78, 5) is 25.9. The van der Waals surface area contributed by atoms with Crippen LogP contribution in [0.3, 0.4) is 0 Å². The Morgan fingerprint density at radius 3 is 2.41 bits per heavy atom. The molecule has 0 saturated carbocycles. The quantitative estimate of drug-likeness (QED) is 0.645. The van der Waals surface area contributed by atoms with Crippen molar-refractivity contribution in [1.82, 2.24) is 9.88 Å². The van der Waals surface area contributed by atoms with Crippen molar-refractivity contribution < 1.29 is 14.6 Å². The summed E-state index contributed by atoms with van der Waals surface area (Å²) < 4.78 is 5.16. The van der Waals surface area contributed by atoms with Gasteiger partial charge in [0.1, 0.15) is 5.52 Å². The van der Waals surface area contributed by atoms with Crippen LogP contribution < -0.4 is 4.74 Å². The predicted molar refractivity (Wildman–Crippen MR) is 80.4 cm³/mol. The molecule has 0 bridgehead atoms. The molecule has 0 saturated heterocycles. The molecular weight excluding hydrogens is 292 g/mol. The van der Waals surface area contributed by atoms with E-state index in [-0.39, 0.29) is 17.3 Å². The van der Waals surface area contributed by atoms with Crippen molar-refractivity contribution in [3.8, 4) is 5.75 Å². The molecule has 1 N–H and O–H groups in total. The van der Waals surface area contributed by atoms with E-state index in [1.54, 1.807) is 0 Å². The van der Waals surface area contributed by atoms with E-state index in [1.807, 2.05) is 19.0 Å². The molecule has 0 aliphatic rings. The van der Waals surface area contributed by atoms with Crippen molar-refractivity contribution in [2.45, 2.75) is 6.42 Å². The maximum Gasteiger partial charge on any atom is 0.325 e. The van der Waals surface area contributed by atoms with E-state index >= 15 is 0 Å². The van der Waals surface area contributed by atoms with Gasteiger partial charge in [0.05, 0.1) is 23.0 Å². The average molecular weight is 308 g/mol. The molecular formula is C13H16N4O5. The number of fused-ring (bicyclic) bond motifs is 1. The monoisotopic (exact) mass is 308 g/mol. The summed E-state index contributed by atoms with van der Waals surface area (Å²) in [5.74, 6) is -0.115. The SMILES string of the molecule is COc1c([N+](=O)[O-])ccc2[nH]c([N+](=O)[O-])c(CCN(C)C)c12. The zero-order valence-corrected chi connectivity index (χ0v) is 12.5. The highest BCUT2D eigenvalue weighted by atomic mass is 16.6. The van der Waals surface area contributed by atoms with Gasteiger partial charge in [-0.15, -0.1) is 0 Å². The van der Waals surface area contributed by atoms with Crippen LogP contribution in [-0.2, 0) is 6.42 Å². The number of H-pyrrole nitrogens is 1. The summed E-state index contributed by atoms with van der Waals surface area (Å²) >= 11 is 0. The molecule has 22 heavy (non-hydrogen) atoms. The second-order valence-electron chi connectivity index (χ2n) is 5.06. The van der Waals surface area contributed by atoms with Gasteiger partial charge in [0.2, 0.25) is 5.75 Å². The lowest BCUT2D eigenvalue weighted by molar-refractivity contribution is -0.389. The molecule has 9 nitrogen and oxygen atoms in total. The second kappa shape index (κ2) is 5.98. The number of nitro groups is 2. The van der Waals surface area contributed by atoms with Crippen molar-refractivity contribution in [3.63, 3.8) is 0 Å². The molecule has 1 aromatic carbocycles.